The molecule has 0 amide bonds. The van der Waals surface area contributed by atoms with Crippen LogP contribution in [0.15, 0.2) is 0 Å². The zero-order valence-corrected chi connectivity index (χ0v) is 9.97. The van der Waals surface area contributed by atoms with Crippen molar-refractivity contribution in [3.8, 4) is 0 Å². The van der Waals surface area contributed by atoms with E-state index in [1.807, 2.05) is 6.92 Å². The van der Waals surface area contributed by atoms with Gasteiger partial charge in [0.2, 0.25) is 0 Å². The summed E-state index contributed by atoms with van der Waals surface area (Å²) in [5, 5.41) is 4.80. The molecule has 1 rings (SSSR count). The molecule has 1 aromatic heterocycles. The van der Waals surface area contributed by atoms with Crippen molar-refractivity contribution in [2.24, 2.45) is 7.05 Å². The molecular weight excluding hydrogens is 216 g/mol. The molecule has 0 aliphatic carbocycles. The van der Waals surface area contributed by atoms with Gasteiger partial charge in [-0.15, -0.1) is 0 Å². The van der Waals surface area contributed by atoms with Crippen molar-refractivity contribution in [1.82, 2.24) is 9.78 Å². The minimum atomic E-state index is -0.273. The molecule has 0 atom stereocenters. The fourth-order valence-electron chi connectivity index (χ4n) is 1.36. The van der Waals surface area contributed by atoms with Crippen LogP contribution in [0.2, 0.25) is 5.02 Å². The van der Waals surface area contributed by atoms with Gasteiger partial charge in [-0.2, -0.15) is 5.10 Å². The average molecular weight is 231 g/mol. The van der Waals surface area contributed by atoms with Crippen molar-refractivity contribution in [3.63, 3.8) is 0 Å². The van der Waals surface area contributed by atoms with Crippen LogP contribution >= 0.6 is 11.6 Å². The maximum atomic E-state index is 11.3. The van der Waals surface area contributed by atoms with Gasteiger partial charge >= 0.3 is 5.97 Å². The summed E-state index contributed by atoms with van der Waals surface area (Å²) >= 11 is 6.08. The van der Waals surface area contributed by atoms with Gasteiger partial charge in [0.1, 0.15) is 0 Å². The molecule has 0 fully saturated rings. The van der Waals surface area contributed by atoms with Gasteiger partial charge in [0.15, 0.2) is 0 Å². The lowest BCUT2D eigenvalue weighted by molar-refractivity contribution is -0.142. The molecule has 0 unspecified atom stereocenters. The Morgan fingerprint density at radius 2 is 2.20 bits per heavy atom. The predicted octanol–water partition coefficient (Wildman–Crippen LogP) is 1.74. The summed E-state index contributed by atoms with van der Waals surface area (Å²) < 4.78 is 6.50. The third-order valence-electron chi connectivity index (χ3n) is 2.12. The molecule has 0 aromatic carbocycles. The maximum Gasteiger partial charge on any atom is 0.311 e. The second kappa shape index (κ2) is 5.16. The van der Waals surface area contributed by atoms with Crippen LogP contribution in [0.25, 0.3) is 0 Å². The van der Waals surface area contributed by atoms with Gasteiger partial charge in [-0.3, -0.25) is 9.48 Å². The molecule has 0 saturated heterocycles. The minimum absolute atomic E-state index is 0.177. The van der Waals surface area contributed by atoms with E-state index in [4.69, 9.17) is 16.3 Å². The fourth-order valence-corrected chi connectivity index (χ4v) is 1.72. The largest absolute Gasteiger partial charge is 0.466 e. The van der Waals surface area contributed by atoms with Crippen molar-refractivity contribution >= 4 is 17.6 Å². The van der Waals surface area contributed by atoms with Crippen LogP contribution < -0.4 is 0 Å². The number of halogens is 1. The summed E-state index contributed by atoms with van der Waals surface area (Å²) in [5.41, 5.74) is 1.53. The standard InChI is InChI=1S/C10H15ClN2O2/c1-4-7-10(11)8(13(3)12-7)6-9(14)15-5-2/h4-6H2,1-3H3. The van der Waals surface area contributed by atoms with Gasteiger partial charge in [0.25, 0.3) is 0 Å². The van der Waals surface area contributed by atoms with E-state index >= 15 is 0 Å². The van der Waals surface area contributed by atoms with Crippen molar-refractivity contribution in [2.45, 2.75) is 26.7 Å². The van der Waals surface area contributed by atoms with Crippen LogP contribution in [0, 0.1) is 0 Å². The summed E-state index contributed by atoms with van der Waals surface area (Å²) in [7, 11) is 1.78. The number of nitrogens with zero attached hydrogens (tertiary/aromatic N) is 2. The molecule has 5 heteroatoms. The molecule has 0 radical (unpaired) electrons. The smallest absolute Gasteiger partial charge is 0.311 e. The van der Waals surface area contributed by atoms with Crippen molar-refractivity contribution in [2.75, 3.05) is 6.61 Å². The number of hydrogen-bond donors (Lipinski definition) is 0. The molecule has 1 heterocycles. The normalized spacial score (nSPS) is 10.4. The van der Waals surface area contributed by atoms with Crippen molar-refractivity contribution in [3.05, 3.63) is 16.4 Å². The van der Waals surface area contributed by atoms with Crippen LogP contribution in [0.5, 0.6) is 0 Å². The third kappa shape index (κ3) is 2.72. The highest BCUT2D eigenvalue weighted by Crippen LogP contribution is 2.21. The summed E-state index contributed by atoms with van der Waals surface area (Å²) in [6, 6.07) is 0. The fraction of sp³-hybridized carbons (Fsp3) is 0.600. The Morgan fingerprint density at radius 3 is 2.67 bits per heavy atom. The lowest BCUT2D eigenvalue weighted by Crippen LogP contribution is -2.11. The Labute approximate surface area is 94.2 Å². The first-order chi connectivity index (χ1) is 7.10. The lowest BCUT2D eigenvalue weighted by atomic mass is 10.2. The monoisotopic (exact) mass is 230 g/mol. The Kier molecular flexibility index (Phi) is 4.15. The number of aryl methyl sites for hydroxylation is 2. The van der Waals surface area contributed by atoms with Crippen LogP contribution in [-0.2, 0) is 29.4 Å². The van der Waals surface area contributed by atoms with Crippen molar-refractivity contribution < 1.29 is 9.53 Å². The molecule has 0 spiro atoms. The lowest BCUT2D eigenvalue weighted by Gasteiger charge is -2.02. The van der Waals surface area contributed by atoms with Gasteiger partial charge in [-0.1, -0.05) is 18.5 Å². The van der Waals surface area contributed by atoms with E-state index in [0.717, 1.165) is 12.1 Å². The number of aromatic nitrogens is 2. The number of ether oxygens (including phenoxy) is 1. The SMILES string of the molecule is CCOC(=O)Cc1c(Cl)c(CC)nn1C. The molecule has 84 valence electrons. The molecule has 0 aliphatic heterocycles. The van der Waals surface area contributed by atoms with Crippen LogP contribution in [0.4, 0.5) is 0 Å². The highest BCUT2D eigenvalue weighted by atomic mass is 35.5. The van der Waals surface area contributed by atoms with Gasteiger partial charge in [-0.25, -0.2) is 0 Å². The zero-order chi connectivity index (χ0) is 11.4. The van der Waals surface area contributed by atoms with Crippen LogP contribution in [0.3, 0.4) is 0 Å². The highest BCUT2D eigenvalue weighted by Gasteiger charge is 2.16. The first-order valence-electron chi connectivity index (χ1n) is 4.96. The quantitative estimate of drug-likeness (QED) is 0.741. The van der Waals surface area contributed by atoms with Crippen LogP contribution in [0.1, 0.15) is 25.2 Å². The van der Waals surface area contributed by atoms with E-state index in [1.165, 1.54) is 0 Å². The first kappa shape index (κ1) is 12.0. The molecule has 0 saturated carbocycles. The van der Waals surface area contributed by atoms with Gasteiger partial charge in [-0.05, 0) is 13.3 Å². The molecule has 15 heavy (non-hydrogen) atoms. The summed E-state index contributed by atoms with van der Waals surface area (Å²) in [6.45, 7) is 4.14. The second-order valence-corrected chi connectivity index (χ2v) is 3.54. The summed E-state index contributed by atoms with van der Waals surface area (Å²) in [5.74, 6) is -0.273. The van der Waals surface area contributed by atoms with E-state index in [-0.39, 0.29) is 12.4 Å². The van der Waals surface area contributed by atoms with E-state index in [2.05, 4.69) is 5.10 Å². The van der Waals surface area contributed by atoms with E-state index < -0.39 is 0 Å². The Balaban J connectivity index is 2.85. The predicted molar refractivity (Wildman–Crippen MR) is 57.9 cm³/mol. The zero-order valence-electron chi connectivity index (χ0n) is 9.21. The van der Waals surface area contributed by atoms with Gasteiger partial charge in [0, 0.05) is 7.05 Å². The molecule has 0 N–H and O–H groups in total. The average Bonchev–Trinajstić information content (AvgIpc) is 2.45. The molecule has 0 bridgehead atoms. The Bertz CT molecular complexity index is 361. The number of esters is 1. The maximum absolute atomic E-state index is 11.3. The molecule has 1 aromatic rings. The Hall–Kier alpha value is -1.03. The highest BCUT2D eigenvalue weighted by molar-refractivity contribution is 6.32. The molecule has 0 aliphatic rings. The first-order valence-corrected chi connectivity index (χ1v) is 5.33. The molecular formula is C10H15ClN2O2. The molecule has 4 nitrogen and oxygen atoms in total. The Morgan fingerprint density at radius 1 is 1.53 bits per heavy atom. The van der Waals surface area contributed by atoms with Gasteiger partial charge in [0.05, 0.1) is 29.4 Å². The summed E-state index contributed by atoms with van der Waals surface area (Å²) in [6.07, 6.45) is 0.936. The minimum Gasteiger partial charge on any atom is -0.466 e. The number of rotatable bonds is 4. The second-order valence-electron chi connectivity index (χ2n) is 3.17. The van der Waals surface area contributed by atoms with Crippen molar-refractivity contribution in [1.29, 1.82) is 0 Å². The summed E-state index contributed by atoms with van der Waals surface area (Å²) in [4.78, 5) is 11.3. The topological polar surface area (TPSA) is 44.1 Å². The number of carbonyl (C=O) groups is 1. The number of hydrogen-bond acceptors (Lipinski definition) is 3. The van der Waals surface area contributed by atoms with Gasteiger partial charge < -0.3 is 4.74 Å². The van der Waals surface area contributed by atoms with E-state index in [9.17, 15) is 4.79 Å². The van der Waals surface area contributed by atoms with E-state index in [0.29, 0.717) is 17.3 Å². The number of carbonyl (C=O) groups excluding carboxylic acids is 1. The van der Waals surface area contributed by atoms with E-state index in [1.54, 1.807) is 18.7 Å². The third-order valence-corrected chi connectivity index (χ3v) is 2.56. The van der Waals surface area contributed by atoms with Crippen LogP contribution in [-0.4, -0.2) is 22.4 Å².